The van der Waals surface area contributed by atoms with E-state index in [2.05, 4.69) is 21.2 Å². The molecule has 1 heterocycles. The van der Waals surface area contributed by atoms with Gasteiger partial charge in [0.1, 0.15) is 18.5 Å². The molecule has 1 aromatic carbocycles. The van der Waals surface area contributed by atoms with Crippen molar-refractivity contribution < 1.29 is 14.6 Å². The quantitative estimate of drug-likeness (QED) is 0.802. The van der Waals surface area contributed by atoms with E-state index < -0.39 is 6.10 Å². The molecule has 2 atom stereocenters. The molecule has 0 aromatic heterocycles. The Balaban J connectivity index is 1.60. The van der Waals surface area contributed by atoms with E-state index in [1.807, 2.05) is 24.3 Å². The Morgan fingerprint density at radius 1 is 1.53 bits per heavy atom. The van der Waals surface area contributed by atoms with E-state index in [0.29, 0.717) is 12.6 Å². The maximum atomic E-state index is 9.81. The molecule has 0 saturated carbocycles. The van der Waals surface area contributed by atoms with Crippen LogP contribution in [0.25, 0.3) is 0 Å². The molecule has 4 nitrogen and oxygen atoms in total. The third kappa shape index (κ3) is 5.48. The van der Waals surface area contributed by atoms with Gasteiger partial charge in [-0.15, -0.1) is 0 Å². The Labute approximate surface area is 122 Å². The molecule has 0 amide bonds. The molecular formula is C14H20BrNO3. The Morgan fingerprint density at radius 3 is 3.16 bits per heavy atom. The molecule has 106 valence electrons. The molecule has 1 aromatic rings. The number of benzene rings is 1. The zero-order valence-electron chi connectivity index (χ0n) is 10.8. The summed E-state index contributed by atoms with van der Waals surface area (Å²) in [5.74, 6) is 0.757. The van der Waals surface area contributed by atoms with Crippen molar-refractivity contribution in [2.75, 3.05) is 26.3 Å². The van der Waals surface area contributed by atoms with E-state index in [-0.39, 0.29) is 6.61 Å². The molecule has 0 bridgehead atoms. The van der Waals surface area contributed by atoms with Crippen molar-refractivity contribution in [3.05, 3.63) is 28.7 Å². The standard InChI is InChI=1S/C14H20BrNO3/c15-11-3-1-4-13(7-11)19-10-12(17)8-16-9-14-5-2-6-18-14/h1,3-4,7,12,14,16-17H,2,5-6,8-10H2. The van der Waals surface area contributed by atoms with E-state index >= 15 is 0 Å². The van der Waals surface area contributed by atoms with Crippen molar-refractivity contribution in [3.63, 3.8) is 0 Å². The van der Waals surface area contributed by atoms with Crippen molar-refractivity contribution in [2.45, 2.75) is 25.0 Å². The topological polar surface area (TPSA) is 50.7 Å². The average Bonchev–Trinajstić information content (AvgIpc) is 2.90. The van der Waals surface area contributed by atoms with Gasteiger partial charge in [-0.2, -0.15) is 0 Å². The lowest BCUT2D eigenvalue weighted by atomic mass is 10.2. The third-order valence-corrected chi connectivity index (χ3v) is 3.51. The average molecular weight is 330 g/mol. The number of rotatable bonds is 7. The largest absolute Gasteiger partial charge is 0.491 e. The maximum absolute atomic E-state index is 9.81. The summed E-state index contributed by atoms with van der Waals surface area (Å²) in [6.45, 7) is 2.47. The van der Waals surface area contributed by atoms with Crippen molar-refractivity contribution in [3.8, 4) is 5.75 Å². The number of hydrogen-bond donors (Lipinski definition) is 2. The van der Waals surface area contributed by atoms with Crippen LogP contribution in [0.1, 0.15) is 12.8 Å². The summed E-state index contributed by atoms with van der Waals surface area (Å²) in [4.78, 5) is 0. The van der Waals surface area contributed by atoms with Crippen LogP contribution in [0, 0.1) is 0 Å². The fraction of sp³-hybridized carbons (Fsp3) is 0.571. The lowest BCUT2D eigenvalue weighted by Crippen LogP contribution is -2.35. The van der Waals surface area contributed by atoms with Gasteiger partial charge in [-0.05, 0) is 31.0 Å². The van der Waals surface area contributed by atoms with Crippen LogP contribution in [0.15, 0.2) is 28.7 Å². The molecule has 2 rings (SSSR count). The van der Waals surface area contributed by atoms with Gasteiger partial charge in [0.15, 0.2) is 0 Å². The summed E-state index contributed by atoms with van der Waals surface area (Å²) >= 11 is 3.38. The first-order valence-electron chi connectivity index (χ1n) is 6.63. The van der Waals surface area contributed by atoms with Crippen molar-refractivity contribution in [2.24, 2.45) is 0 Å². The third-order valence-electron chi connectivity index (χ3n) is 3.01. The first kappa shape index (κ1) is 14.8. The van der Waals surface area contributed by atoms with Crippen LogP contribution >= 0.6 is 15.9 Å². The van der Waals surface area contributed by atoms with Crippen molar-refractivity contribution >= 4 is 15.9 Å². The fourth-order valence-corrected chi connectivity index (χ4v) is 2.40. The number of hydrogen-bond acceptors (Lipinski definition) is 4. The van der Waals surface area contributed by atoms with Crippen molar-refractivity contribution in [1.29, 1.82) is 0 Å². The molecule has 2 N–H and O–H groups in total. The molecule has 1 aliphatic heterocycles. The molecule has 1 saturated heterocycles. The van der Waals surface area contributed by atoms with Gasteiger partial charge in [-0.3, -0.25) is 0 Å². The zero-order valence-corrected chi connectivity index (χ0v) is 12.4. The predicted molar refractivity (Wildman–Crippen MR) is 77.5 cm³/mol. The lowest BCUT2D eigenvalue weighted by molar-refractivity contribution is 0.0881. The van der Waals surface area contributed by atoms with Crippen LogP contribution < -0.4 is 10.1 Å². The first-order chi connectivity index (χ1) is 9.24. The van der Waals surface area contributed by atoms with Gasteiger partial charge >= 0.3 is 0 Å². The Bertz CT molecular complexity index is 383. The molecule has 1 fully saturated rings. The summed E-state index contributed by atoms with van der Waals surface area (Å²) in [5, 5.41) is 13.0. The Kier molecular flexibility index (Phi) is 6.10. The second-order valence-corrected chi connectivity index (χ2v) is 5.63. The van der Waals surface area contributed by atoms with Gasteiger partial charge in [-0.25, -0.2) is 0 Å². The smallest absolute Gasteiger partial charge is 0.120 e. The Morgan fingerprint density at radius 2 is 2.42 bits per heavy atom. The Hall–Kier alpha value is -0.620. The van der Waals surface area contributed by atoms with E-state index in [1.54, 1.807) is 0 Å². The van der Waals surface area contributed by atoms with E-state index in [4.69, 9.17) is 9.47 Å². The van der Waals surface area contributed by atoms with E-state index in [0.717, 1.165) is 36.2 Å². The number of aliphatic hydroxyl groups excluding tert-OH is 1. The number of nitrogens with one attached hydrogen (secondary N) is 1. The molecular weight excluding hydrogens is 310 g/mol. The molecule has 5 heteroatoms. The van der Waals surface area contributed by atoms with Crippen LogP contribution in [-0.2, 0) is 4.74 Å². The van der Waals surface area contributed by atoms with Crippen LogP contribution in [0.3, 0.4) is 0 Å². The minimum Gasteiger partial charge on any atom is -0.491 e. The number of ether oxygens (including phenoxy) is 2. The minimum atomic E-state index is -0.514. The van der Waals surface area contributed by atoms with Crippen LogP contribution in [-0.4, -0.2) is 43.6 Å². The van der Waals surface area contributed by atoms with Crippen molar-refractivity contribution in [1.82, 2.24) is 5.32 Å². The first-order valence-corrected chi connectivity index (χ1v) is 7.42. The highest BCUT2D eigenvalue weighted by molar-refractivity contribution is 9.10. The fourth-order valence-electron chi connectivity index (χ4n) is 2.02. The lowest BCUT2D eigenvalue weighted by Gasteiger charge is -2.15. The summed E-state index contributed by atoms with van der Waals surface area (Å²) in [7, 11) is 0. The van der Waals surface area contributed by atoms with E-state index in [1.165, 1.54) is 0 Å². The molecule has 2 unspecified atom stereocenters. The molecule has 1 aliphatic rings. The van der Waals surface area contributed by atoms with Crippen LogP contribution in [0.2, 0.25) is 0 Å². The van der Waals surface area contributed by atoms with E-state index in [9.17, 15) is 5.11 Å². The molecule has 0 spiro atoms. The highest BCUT2D eigenvalue weighted by Crippen LogP contribution is 2.17. The minimum absolute atomic E-state index is 0.287. The van der Waals surface area contributed by atoms with Gasteiger partial charge in [0.25, 0.3) is 0 Å². The van der Waals surface area contributed by atoms with Crippen LogP contribution in [0.5, 0.6) is 5.75 Å². The summed E-state index contributed by atoms with van der Waals surface area (Å²) in [6.07, 6.45) is 2.04. The van der Waals surface area contributed by atoms with Crippen LogP contribution in [0.4, 0.5) is 0 Å². The summed E-state index contributed by atoms with van der Waals surface area (Å²) in [5.41, 5.74) is 0. The predicted octanol–water partition coefficient (Wildman–Crippen LogP) is 1.96. The second kappa shape index (κ2) is 7.85. The molecule has 19 heavy (non-hydrogen) atoms. The van der Waals surface area contributed by atoms with Gasteiger partial charge in [0.05, 0.1) is 6.10 Å². The normalized spacial score (nSPS) is 20.4. The number of aliphatic hydroxyl groups is 1. The van der Waals surface area contributed by atoms with Gasteiger partial charge in [0, 0.05) is 24.2 Å². The summed E-state index contributed by atoms with van der Waals surface area (Å²) < 4.78 is 12.0. The highest BCUT2D eigenvalue weighted by atomic mass is 79.9. The van der Waals surface area contributed by atoms with Gasteiger partial charge < -0.3 is 19.9 Å². The molecule has 0 radical (unpaired) electrons. The molecule has 0 aliphatic carbocycles. The summed E-state index contributed by atoms with van der Waals surface area (Å²) in [6, 6.07) is 7.59. The van der Waals surface area contributed by atoms with Gasteiger partial charge in [0.2, 0.25) is 0 Å². The highest BCUT2D eigenvalue weighted by Gasteiger charge is 2.15. The number of halogens is 1. The monoisotopic (exact) mass is 329 g/mol. The zero-order chi connectivity index (χ0) is 13.5. The van der Waals surface area contributed by atoms with Gasteiger partial charge in [-0.1, -0.05) is 22.0 Å². The second-order valence-electron chi connectivity index (χ2n) is 4.72. The maximum Gasteiger partial charge on any atom is 0.120 e. The SMILES string of the molecule is OC(CNCC1CCCO1)COc1cccc(Br)c1.